The SMILES string of the molecule is CC(C)Oc1nc(NN)nc(Nc2ccccc2Cl)n1. The van der Waals surface area contributed by atoms with Crippen molar-refractivity contribution < 1.29 is 4.74 Å². The lowest BCUT2D eigenvalue weighted by Gasteiger charge is -2.11. The number of ether oxygens (including phenoxy) is 1. The molecule has 0 amide bonds. The van der Waals surface area contributed by atoms with Crippen LogP contribution in [0, 0.1) is 0 Å². The number of benzene rings is 1. The molecule has 0 aliphatic rings. The van der Waals surface area contributed by atoms with E-state index in [1.54, 1.807) is 6.07 Å². The van der Waals surface area contributed by atoms with Gasteiger partial charge in [0, 0.05) is 0 Å². The van der Waals surface area contributed by atoms with Crippen molar-refractivity contribution in [3.63, 3.8) is 0 Å². The first-order chi connectivity index (χ1) is 9.58. The third kappa shape index (κ3) is 3.69. The van der Waals surface area contributed by atoms with Crippen molar-refractivity contribution in [2.45, 2.75) is 20.0 Å². The fourth-order valence-electron chi connectivity index (χ4n) is 1.42. The number of hydrogen-bond donors (Lipinski definition) is 3. The fourth-order valence-corrected chi connectivity index (χ4v) is 1.61. The van der Waals surface area contributed by atoms with E-state index in [9.17, 15) is 0 Å². The Morgan fingerprint density at radius 3 is 2.50 bits per heavy atom. The van der Waals surface area contributed by atoms with Gasteiger partial charge in [0.25, 0.3) is 0 Å². The zero-order valence-corrected chi connectivity index (χ0v) is 11.8. The lowest BCUT2D eigenvalue weighted by molar-refractivity contribution is 0.222. The number of nitrogens with two attached hydrogens (primary N) is 1. The predicted octanol–water partition coefficient (Wildman–Crippen LogP) is 2.34. The summed E-state index contributed by atoms with van der Waals surface area (Å²) in [6, 6.07) is 7.44. The average molecular weight is 295 g/mol. The maximum atomic E-state index is 6.07. The molecular weight excluding hydrogens is 280 g/mol. The molecule has 20 heavy (non-hydrogen) atoms. The van der Waals surface area contributed by atoms with Gasteiger partial charge < -0.3 is 10.1 Å². The smallest absolute Gasteiger partial charge is 0.323 e. The van der Waals surface area contributed by atoms with E-state index in [0.717, 1.165) is 0 Å². The highest BCUT2D eigenvalue weighted by atomic mass is 35.5. The number of para-hydroxylation sites is 1. The van der Waals surface area contributed by atoms with Gasteiger partial charge in [-0.2, -0.15) is 15.0 Å². The van der Waals surface area contributed by atoms with E-state index >= 15 is 0 Å². The Morgan fingerprint density at radius 1 is 1.15 bits per heavy atom. The molecule has 0 saturated heterocycles. The minimum atomic E-state index is -0.0591. The molecule has 2 rings (SSSR count). The van der Waals surface area contributed by atoms with Crippen LogP contribution in [-0.2, 0) is 0 Å². The standard InChI is InChI=1S/C12H15ClN6O/c1-7(2)20-12-17-10(16-11(18-12)19-14)15-9-6-4-3-5-8(9)13/h3-7H,14H2,1-2H3,(H2,15,16,17,18,19). The molecule has 106 valence electrons. The van der Waals surface area contributed by atoms with Gasteiger partial charge in [-0.3, -0.25) is 5.43 Å². The summed E-state index contributed by atoms with van der Waals surface area (Å²) in [5, 5.41) is 3.55. The number of hydrazine groups is 1. The Kier molecular flexibility index (Phi) is 4.54. The summed E-state index contributed by atoms with van der Waals surface area (Å²) >= 11 is 6.07. The molecule has 0 bridgehead atoms. The topological polar surface area (TPSA) is 98.0 Å². The number of nitrogens with one attached hydrogen (secondary N) is 2. The van der Waals surface area contributed by atoms with Crippen molar-refractivity contribution in [3.05, 3.63) is 29.3 Å². The number of aromatic nitrogens is 3. The molecule has 0 aliphatic carbocycles. The first-order valence-electron chi connectivity index (χ1n) is 5.99. The first-order valence-corrected chi connectivity index (χ1v) is 6.37. The van der Waals surface area contributed by atoms with E-state index in [-0.39, 0.29) is 24.0 Å². The van der Waals surface area contributed by atoms with E-state index in [4.69, 9.17) is 22.2 Å². The van der Waals surface area contributed by atoms with Crippen molar-refractivity contribution in [2.75, 3.05) is 10.7 Å². The average Bonchev–Trinajstić information content (AvgIpc) is 2.40. The highest BCUT2D eigenvalue weighted by molar-refractivity contribution is 6.33. The lowest BCUT2D eigenvalue weighted by atomic mass is 10.3. The lowest BCUT2D eigenvalue weighted by Crippen LogP contribution is -2.15. The van der Waals surface area contributed by atoms with Gasteiger partial charge in [0.1, 0.15) is 0 Å². The molecule has 1 aromatic carbocycles. The third-order valence-electron chi connectivity index (χ3n) is 2.21. The van der Waals surface area contributed by atoms with Gasteiger partial charge in [0.2, 0.25) is 11.9 Å². The van der Waals surface area contributed by atoms with E-state index in [0.29, 0.717) is 10.7 Å². The van der Waals surface area contributed by atoms with Gasteiger partial charge in [0.15, 0.2) is 0 Å². The highest BCUT2D eigenvalue weighted by Gasteiger charge is 2.09. The zero-order valence-electron chi connectivity index (χ0n) is 11.1. The van der Waals surface area contributed by atoms with Crippen LogP contribution >= 0.6 is 11.6 Å². The van der Waals surface area contributed by atoms with E-state index < -0.39 is 0 Å². The quantitative estimate of drug-likeness (QED) is 0.575. The molecule has 1 aromatic heterocycles. The number of rotatable bonds is 5. The van der Waals surface area contributed by atoms with Crippen molar-refractivity contribution in [2.24, 2.45) is 5.84 Å². The van der Waals surface area contributed by atoms with Crippen LogP contribution < -0.4 is 21.3 Å². The van der Waals surface area contributed by atoms with Crippen LogP contribution in [-0.4, -0.2) is 21.1 Å². The van der Waals surface area contributed by atoms with Crippen LogP contribution in [0.2, 0.25) is 5.02 Å². The van der Waals surface area contributed by atoms with Crippen molar-refractivity contribution in [3.8, 4) is 6.01 Å². The van der Waals surface area contributed by atoms with Crippen LogP contribution in [0.4, 0.5) is 17.6 Å². The number of anilines is 3. The van der Waals surface area contributed by atoms with Crippen LogP contribution in [0.15, 0.2) is 24.3 Å². The summed E-state index contributed by atoms with van der Waals surface area (Å²) in [7, 11) is 0. The molecule has 4 N–H and O–H groups in total. The molecule has 2 aromatic rings. The van der Waals surface area contributed by atoms with Crippen LogP contribution in [0.5, 0.6) is 6.01 Å². The highest BCUT2D eigenvalue weighted by Crippen LogP contribution is 2.24. The van der Waals surface area contributed by atoms with Crippen molar-refractivity contribution in [1.29, 1.82) is 0 Å². The summed E-state index contributed by atoms with van der Waals surface area (Å²) in [5.74, 6) is 5.82. The summed E-state index contributed by atoms with van der Waals surface area (Å²) in [6.07, 6.45) is -0.0591. The predicted molar refractivity (Wildman–Crippen MR) is 78.1 cm³/mol. The Hall–Kier alpha value is -2.12. The first kappa shape index (κ1) is 14.3. The molecule has 0 aliphatic heterocycles. The van der Waals surface area contributed by atoms with Gasteiger partial charge in [-0.1, -0.05) is 23.7 Å². The molecular formula is C12H15ClN6O. The second-order valence-electron chi connectivity index (χ2n) is 4.18. The molecule has 0 spiro atoms. The van der Waals surface area contributed by atoms with Gasteiger partial charge in [0.05, 0.1) is 16.8 Å². The van der Waals surface area contributed by atoms with Gasteiger partial charge in [-0.25, -0.2) is 5.84 Å². The van der Waals surface area contributed by atoms with E-state index in [1.807, 2.05) is 32.0 Å². The molecule has 1 heterocycles. The maximum absolute atomic E-state index is 6.07. The fraction of sp³-hybridized carbons (Fsp3) is 0.250. The van der Waals surface area contributed by atoms with E-state index in [2.05, 4.69) is 25.7 Å². The summed E-state index contributed by atoms with van der Waals surface area (Å²) in [4.78, 5) is 12.2. The van der Waals surface area contributed by atoms with Gasteiger partial charge in [-0.05, 0) is 26.0 Å². The number of nitrogens with zero attached hydrogens (tertiary/aromatic N) is 3. The molecule has 0 fully saturated rings. The van der Waals surface area contributed by atoms with Gasteiger partial charge >= 0.3 is 6.01 Å². The molecule has 0 saturated carbocycles. The van der Waals surface area contributed by atoms with E-state index in [1.165, 1.54) is 0 Å². The van der Waals surface area contributed by atoms with Crippen LogP contribution in [0.1, 0.15) is 13.8 Å². The number of hydrogen-bond acceptors (Lipinski definition) is 7. The van der Waals surface area contributed by atoms with Crippen LogP contribution in [0.25, 0.3) is 0 Å². The van der Waals surface area contributed by atoms with Gasteiger partial charge in [-0.15, -0.1) is 0 Å². The summed E-state index contributed by atoms with van der Waals surface area (Å²) in [6.45, 7) is 3.75. The Morgan fingerprint density at radius 2 is 1.85 bits per heavy atom. The molecule has 7 nitrogen and oxygen atoms in total. The Balaban J connectivity index is 2.29. The van der Waals surface area contributed by atoms with Crippen molar-refractivity contribution >= 4 is 29.2 Å². The second kappa shape index (κ2) is 6.36. The molecule has 0 radical (unpaired) electrons. The zero-order chi connectivity index (χ0) is 14.5. The largest absolute Gasteiger partial charge is 0.461 e. The Labute approximate surface area is 121 Å². The third-order valence-corrected chi connectivity index (χ3v) is 2.54. The maximum Gasteiger partial charge on any atom is 0.323 e. The molecule has 0 unspecified atom stereocenters. The normalized spacial score (nSPS) is 10.4. The molecule has 8 heteroatoms. The minimum absolute atomic E-state index is 0.0591. The number of halogens is 1. The van der Waals surface area contributed by atoms with Crippen molar-refractivity contribution in [1.82, 2.24) is 15.0 Å². The second-order valence-corrected chi connectivity index (χ2v) is 4.59. The van der Waals surface area contributed by atoms with Crippen LogP contribution in [0.3, 0.4) is 0 Å². The molecule has 0 atom stereocenters. The minimum Gasteiger partial charge on any atom is -0.461 e. The summed E-state index contributed by atoms with van der Waals surface area (Å²) in [5.41, 5.74) is 3.05. The Bertz CT molecular complexity index is 592. The summed E-state index contributed by atoms with van der Waals surface area (Å²) < 4.78 is 5.43. The number of nitrogen functional groups attached to an aromatic ring is 1. The monoisotopic (exact) mass is 294 g/mol.